The number of nitrogen functional groups attached to an aromatic ring is 1. The molecular formula is C105H90BrN5O2. The summed E-state index contributed by atoms with van der Waals surface area (Å²) in [6, 6.07) is 130. The van der Waals surface area contributed by atoms with Gasteiger partial charge in [-0.05, 0) is 152 Å². The summed E-state index contributed by atoms with van der Waals surface area (Å²) in [4.78, 5) is 15.1. The summed E-state index contributed by atoms with van der Waals surface area (Å²) in [5, 5.41) is 36.2. The van der Waals surface area contributed by atoms with Crippen LogP contribution >= 0.6 is 15.9 Å². The number of carbonyl (C=O) groups is 1. The molecule has 554 valence electrons. The van der Waals surface area contributed by atoms with Crippen molar-refractivity contribution < 1.29 is 12.5 Å². The Morgan fingerprint density at radius 2 is 0.761 bits per heavy atom. The quantitative estimate of drug-likeness (QED) is 0.0385. The number of hydrazine groups is 1. The molecule has 1 fully saturated rings. The number of ether oxygens (including phenoxy) is 1. The van der Waals surface area contributed by atoms with Crippen LogP contribution in [0, 0.1) is 5.41 Å². The molecule has 1 aromatic heterocycles. The molecule has 1 aliphatic carbocycles. The van der Waals surface area contributed by atoms with Crippen LogP contribution in [0.15, 0.2) is 381 Å². The molecule has 19 aromatic carbocycles. The van der Waals surface area contributed by atoms with Gasteiger partial charge in [-0.1, -0.05) is 387 Å². The maximum atomic E-state index is 11.3. The van der Waals surface area contributed by atoms with E-state index in [4.69, 9.17) is 24.7 Å². The number of aromatic amines is 1. The average molecular weight is 1540 g/mol. The molecule has 2 aliphatic rings. The summed E-state index contributed by atoms with van der Waals surface area (Å²) in [5.74, 6) is 5.90. The van der Waals surface area contributed by atoms with Crippen LogP contribution in [-0.2, 0) is 11.2 Å². The Balaban J connectivity index is 0.000000115. The van der Waals surface area contributed by atoms with E-state index in [1.807, 2.05) is 127 Å². The maximum absolute atomic E-state index is 11.3. The van der Waals surface area contributed by atoms with Crippen LogP contribution in [0.2, 0.25) is 0 Å². The largest absolute Gasteiger partial charge is 0.398 e. The van der Waals surface area contributed by atoms with Crippen molar-refractivity contribution in [2.75, 3.05) is 18.9 Å². The number of fused-ring (bicyclic) bond motifs is 23. The van der Waals surface area contributed by atoms with Gasteiger partial charge in [0.15, 0.2) is 5.78 Å². The number of ketones is 1. The normalized spacial score (nSPS) is 12.3. The van der Waals surface area contributed by atoms with Crippen LogP contribution in [-0.4, -0.2) is 29.7 Å². The van der Waals surface area contributed by atoms with Gasteiger partial charge in [0.2, 0.25) is 0 Å². The summed E-state index contributed by atoms with van der Waals surface area (Å²) in [6.07, 6.45) is 5.38. The van der Waals surface area contributed by atoms with Crippen molar-refractivity contribution in [2.45, 2.75) is 45.6 Å². The minimum absolute atomic E-state index is 0. The maximum Gasteiger partial charge on any atom is 0.163 e. The number of benzene rings is 19. The molecule has 0 amide bonds. The van der Waals surface area contributed by atoms with E-state index in [1.54, 1.807) is 0 Å². The van der Waals surface area contributed by atoms with Gasteiger partial charge in [-0.15, -0.1) is 0 Å². The highest BCUT2D eigenvalue weighted by molar-refractivity contribution is 9.10. The standard InChI is InChI=1S/C28H17N.C18H11Br.C18H13N.C13H14N2.C13H11N.C10H10O.C4H8O.CH4.H2/c1-3-9-19-17(7-1)13-15-22-21-11-5-6-12-23(21)28-26(25(19)22)24-16-14-18-8-2-4-10-20(18)27(24)29-28;2*19-18-11-17-13-6-2-1-5-12(13)9-10-15(17)14-7-3-4-8-16(14)18;14-15-13(11-7-3-1-4-8-11)12-9-5-2-6-10-12;14-13(11-7-3-1-4-8-11)12-9-5-2-6-10-12;11-10-7-3-5-8-4-1-2-6-9(8)10;1-2-4-5-3-1;;/h1-16,29H;1-11H;1-11H,19H2;1-10,13,15H,14H2;1-10,14H;1-2,4,6H,3,5,7H2;1-4H2;1H4;1H/i;;;;;;;;1+1D. The van der Waals surface area contributed by atoms with Gasteiger partial charge in [0.05, 0.1) is 22.8 Å². The second-order valence-corrected chi connectivity index (χ2v) is 29.2. The fourth-order valence-electron chi connectivity index (χ4n) is 16.0. The number of aromatic nitrogens is 1. The molecular weight excluding hydrogens is 1440 g/mol. The molecule has 0 radical (unpaired) electrons. The van der Waals surface area contributed by atoms with E-state index in [2.05, 4.69) is 275 Å². The number of nitrogens with two attached hydrogens (primary N) is 2. The number of Topliss-reactive ketones (excluding diaryl/α,β-unsaturated/α-hetero) is 1. The highest BCUT2D eigenvalue weighted by Gasteiger charge is 2.19. The average Bonchev–Trinajstić information content (AvgIpc) is 1.58. The van der Waals surface area contributed by atoms with Gasteiger partial charge < -0.3 is 15.5 Å². The van der Waals surface area contributed by atoms with Crippen molar-refractivity contribution in [1.82, 2.24) is 10.4 Å². The van der Waals surface area contributed by atoms with Gasteiger partial charge in [0.1, 0.15) is 0 Å². The number of carbonyl (C=O) groups excluding carboxylic acids is 1. The zero-order chi connectivity index (χ0) is 78.1. The topological polar surface area (TPSA) is 130 Å². The Hall–Kier alpha value is -12.9. The first kappa shape index (κ1) is 74.2. The molecule has 113 heavy (non-hydrogen) atoms. The van der Waals surface area contributed by atoms with Gasteiger partial charge in [-0.25, -0.2) is 5.43 Å². The third-order valence-electron chi connectivity index (χ3n) is 21.4. The molecule has 20 aromatic rings. The molecule has 7 N–H and O–H groups in total. The first-order chi connectivity index (χ1) is 56.3. The Kier molecular flexibility index (Phi) is 23.2. The molecule has 1 aliphatic heterocycles. The number of aryl methyl sites for hydroxylation is 1. The second kappa shape index (κ2) is 35.4. The van der Waals surface area contributed by atoms with Crippen molar-refractivity contribution in [3.05, 3.63) is 414 Å². The van der Waals surface area contributed by atoms with E-state index in [-0.39, 0.29) is 13.5 Å². The van der Waals surface area contributed by atoms with Crippen molar-refractivity contribution >= 4 is 163 Å². The third-order valence-corrected chi connectivity index (χ3v) is 22.1. The van der Waals surface area contributed by atoms with E-state index < -0.39 is 0 Å². The highest BCUT2D eigenvalue weighted by atomic mass is 79.9. The number of hydrogen-bond donors (Lipinski definition) is 5. The number of rotatable bonds is 5. The lowest BCUT2D eigenvalue weighted by Crippen LogP contribution is -2.28. The first-order valence-corrected chi connectivity index (χ1v) is 39.2. The lowest BCUT2D eigenvalue weighted by Gasteiger charge is -2.16. The Bertz CT molecular complexity index is 6530. The van der Waals surface area contributed by atoms with Gasteiger partial charge in [0.25, 0.3) is 0 Å². The zero-order valence-electron chi connectivity index (χ0n) is 64.2. The highest BCUT2D eigenvalue weighted by Crippen LogP contribution is 2.44. The van der Waals surface area contributed by atoms with Crippen molar-refractivity contribution in [3.63, 3.8) is 0 Å². The minimum Gasteiger partial charge on any atom is -0.398 e. The van der Waals surface area contributed by atoms with Crippen molar-refractivity contribution in [3.8, 4) is 0 Å². The fourth-order valence-corrected chi connectivity index (χ4v) is 16.5. The molecule has 0 bridgehead atoms. The molecule has 1 saturated heterocycles. The Labute approximate surface area is 670 Å². The molecule has 7 nitrogen and oxygen atoms in total. The second-order valence-electron chi connectivity index (χ2n) is 28.3. The summed E-state index contributed by atoms with van der Waals surface area (Å²) < 4.78 is 16.1. The van der Waals surface area contributed by atoms with E-state index in [9.17, 15) is 4.79 Å². The van der Waals surface area contributed by atoms with Crippen molar-refractivity contribution in [2.24, 2.45) is 5.84 Å². The summed E-state index contributed by atoms with van der Waals surface area (Å²) in [5.41, 5.74) is 19.4. The SMILES string of the molecule is Brc1cc2c3ccccc3ccc2c2ccccc12.C.C1CCOC1.N=C(c1ccccc1)c1ccccc1.NNC(c1ccccc1)c1ccccc1.Nc1cc2c3ccccc3ccc2c2ccccc12.O=C1CCCc2ccccc21.[2H][2H].c1ccc2c(c1)ccc1c2[nH]c2c3ccccc3c3ccc4ccccc4c3c12. The lowest BCUT2D eigenvalue weighted by molar-refractivity contribution is 0.0972. The summed E-state index contributed by atoms with van der Waals surface area (Å²) in [7, 11) is 0. The molecule has 0 atom stereocenters. The lowest BCUT2D eigenvalue weighted by atomic mass is 9.91. The summed E-state index contributed by atoms with van der Waals surface area (Å²) >= 11 is 3.70. The number of H-pyrrole nitrogens is 1. The van der Waals surface area contributed by atoms with E-state index in [0.29, 0.717) is 11.5 Å². The Morgan fingerprint density at radius 3 is 1.28 bits per heavy atom. The zero-order valence-corrected chi connectivity index (χ0v) is 63.8. The van der Waals surface area contributed by atoms with Gasteiger partial charge in [0, 0.05) is 70.6 Å². The van der Waals surface area contributed by atoms with Crippen LogP contribution < -0.4 is 17.0 Å². The minimum atomic E-state index is 0. The van der Waals surface area contributed by atoms with E-state index in [0.717, 1.165) is 64.7 Å². The molecule has 0 unspecified atom stereocenters. The van der Waals surface area contributed by atoms with Gasteiger partial charge in [-0.3, -0.25) is 16.0 Å². The molecule has 8 heteroatoms. The molecule has 0 spiro atoms. The van der Waals surface area contributed by atoms with Crippen LogP contribution in [0.1, 0.15) is 80.3 Å². The molecule has 0 saturated carbocycles. The number of hydrogen-bond acceptors (Lipinski definition) is 6. The third kappa shape index (κ3) is 16.2. The van der Waals surface area contributed by atoms with Crippen molar-refractivity contribution in [1.29, 1.82) is 5.41 Å². The Morgan fingerprint density at radius 1 is 0.372 bits per heavy atom. The molecule has 22 rings (SSSR count). The van der Waals surface area contributed by atoms with E-state index >= 15 is 0 Å². The monoisotopic (exact) mass is 1530 g/mol. The van der Waals surface area contributed by atoms with Crippen LogP contribution in [0.4, 0.5) is 5.69 Å². The number of nitrogens with one attached hydrogen (secondary N) is 3. The van der Waals surface area contributed by atoms with Crippen LogP contribution in [0.25, 0.3) is 130 Å². The van der Waals surface area contributed by atoms with Crippen LogP contribution in [0.3, 0.4) is 0 Å². The predicted molar refractivity (Wildman–Crippen MR) is 489 cm³/mol. The van der Waals surface area contributed by atoms with Gasteiger partial charge in [-0.2, -0.15) is 0 Å². The predicted octanol–water partition coefficient (Wildman–Crippen LogP) is 27.8. The van der Waals surface area contributed by atoms with E-state index in [1.165, 1.54) is 154 Å². The molecule has 2 heterocycles. The number of anilines is 1. The summed E-state index contributed by atoms with van der Waals surface area (Å²) in [6.45, 7) is 2.00. The van der Waals surface area contributed by atoms with Crippen LogP contribution in [0.5, 0.6) is 0 Å². The smallest absolute Gasteiger partial charge is 0.163 e. The fraction of sp³-hybridized carbons (Fsp3) is 0.0857. The van der Waals surface area contributed by atoms with Gasteiger partial charge >= 0.3 is 0 Å². The number of halogens is 1. The first-order valence-electron chi connectivity index (χ1n) is 39.4.